The molecule has 0 aliphatic rings. The average Bonchev–Trinajstić information content (AvgIpc) is 0.820. The van der Waals surface area contributed by atoms with E-state index in [2.05, 4.69) is 503 Å². The molecule has 0 unspecified atom stereocenters. The number of benzene rings is 18. The van der Waals surface area contributed by atoms with Gasteiger partial charge >= 0.3 is 0 Å². The number of hydrogen-bond donors (Lipinski definition) is 0. The van der Waals surface area contributed by atoms with Crippen LogP contribution >= 0.6 is 0 Å². The summed E-state index contributed by atoms with van der Waals surface area (Å²) < 4.78 is 0. The molecule has 0 amide bonds. The second kappa shape index (κ2) is 40.1. The molecule has 0 fully saturated rings. The van der Waals surface area contributed by atoms with Gasteiger partial charge in [0, 0.05) is 0 Å². The van der Waals surface area contributed by atoms with Crippen LogP contribution in [0.15, 0.2) is 473 Å². The van der Waals surface area contributed by atoms with Crippen LogP contribution in [0.25, 0.3) is 134 Å². The lowest BCUT2D eigenvalue weighted by atomic mass is 9.92. The van der Waals surface area contributed by atoms with E-state index in [1.807, 2.05) is 12.1 Å². The van der Waals surface area contributed by atoms with Crippen LogP contribution in [0.3, 0.4) is 0 Å². The van der Waals surface area contributed by atoms with Crippen LogP contribution in [0.1, 0.15) is 33.4 Å². The van der Waals surface area contributed by atoms with Gasteiger partial charge in [-0.25, -0.2) is 0 Å². The van der Waals surface area contributed by atoms with Crippen molar-refractivity contribution in [3.8, 4) is 134 Å². The Labute approximate surface area is 677 Å². The Hall–Kier alpha value is -14.0. The molecular weight excluding hydrogens is 1370 g/mol. The largest absolute Gasteiger partial charge is 0.0622 e. The molecule has 0 heteroatoms. The van der Waals surface area contributed by atoms with Crippen molar-refractivity contribution < 1.29 is 0 Å². The van der Waals surface area contributed by atoms with Gasteiger partial charge in [-0.2, -0.15) is 0 Å². The van der Waals surface area contributed by atoms with Crippen LogP contribution in [0, 0.1) is 41.5 Å². The fourth-order valence-corrected chi connectivity index (χ4v) is 14.2. The normalized spacial score (nSPS) is 10.4. The molecule has 0 saturated carbocycles. The molecular formula is C114H96. The lowest BCUT2D eigenvalue weighted by Gasteiger charge is -2.12. The van der Waals surface area contributed by atoms with Gasteiger partial charge in [-0.1, -0.05) is 477 Å². The van der Waals surface area contributed by atoms with E-state index in [4.69, 9.17) is 0 Å². The summed E-state index contributed by atoms with van der Waals surface area (Å²) in [5.74, 6) is 0. The van der Waals surface area contributed by atoms with Crippen LogP contribution in [0.2, 0.25) is 0 Å². The number of aryl methyl sites for hydroxylation is 6. The maximum Gasteiger partial charge on any atom is -0.0103 e. The van der Waals surface area contributed by atoms with Crippen molar-refractivity contribution in [1.29, 1.82) is 0 Å². The van der Waals surface area contributed by atoms with Gasteiger partial charge in [0.1, 0.15) is 0 Å². The predicted molar refractivity (Wildman–Crippen MR) is 492 cm³/mol. The van der Waals surface area contributed by atoms with Crippen LogP contribution in [0.5, 0.6) is 0 Å². The lowest BCUT2D eigenvalue weighted by Crippen LogP contribution is -1.87. The lowest BCUT2D eigenvalue weighted by molar-refractivity contribution is 1.46. The summed E-state index contributed by atoms with van der Waals surface area (Å²) in [6.45, 7) is 12.8. The van der Waals surface area contributed by atoms with Crippen molar-refractivity contribution >= 4 is 0 Å². The zero-order valence-electron chi connectivity index (χ0n) is 66.0. The standard InChI is InChI=1S/6C19H16/c1-15-7-5-10-17(13-15)19-12-6-11-18(14-19)16-8-3-2-4-9-16;1-15-9-5-6-12-17(15)19-14-8-7-13-18(19)16-10-3-2-4-11-16;1-15-8-7-11-17(14-15)19-13-6-5-12-18(19)16-9-3-2-4-10-16;1-15-8-5-6-13-19(15)18-12-7-11-17(14-18)16-9-3-2-4-10-16;1-15-11-13-17(14-12-15)19-10-6-5-9-18(19)16-7-3-2-4-8-16;1-15-10-12-17(13-11-15)19-9-5-8-18(14-19)16-6-3-2-4-7-16/h6*2-14H,1H3. The van der Waals surface area contributed by atoms with E-state index in [-0.39, 0.29) is 0 Å². The molecule has 0 nitrogen and oxygen atoms in total. The van der Waals surface area contributed by atoms with Gasteiger partial charge in [-0.05, 0) is 204 Å². The van der Waals surface area contributed by atoms with Crippen molar-refractivity contribution in [2.24, 2.45) is 0 Å². The molecule has 0 aromatic heterocycles. The molecule has 114 heavy (non-hydrogen) atoms. The van der Waals surface area contributed by atoms with Gasteiger partial charge < -0.3 is 0 Å². The van der Waals surface area contributed by atoms with Gasteiger partial charge in [0.2, 0.25) is 0 Å². The van der Waals surface area contributed by atoms with Crippen molar-refractivity contribution in [3.05, 3.63) is 507 Å². The summed E-state index contributed by atoms with van der Waals surface area (Å²) in [6, 6.07) is 167. The Kier molecular flexibility index (Phi) is 27.4. The van der Waals surface area contributed by atoms with Gasteiger partial charge in [-0.15, -0.1) is 0 Å². The van der Waals surface area contributed by atoms with Gasteiger partial charge in [0.05, 0.1) is 0 Å². The van der Waals surface area contributed by atoms with Crippen molar-refractivity contribution in [2.45, 2.75) is 41.5 Å². The highest BCUT2D eigenvalue weighted by molar-refractivity contribution is 5.87. The molecule has 0 aliphatic carbocycles. The first kappa shape index (κ1) is 78.1. The highest BCUT2D eigenvalue weighted by Crippen LogP contribution is 2.37. The highest BCUT2D eigenvalue weighted by atomic mass is 14.2. The Bertz CT molecular complexity index is 5970. The van der Waals surface area contributed by atoms with Gasteiger partial charge in [-0.3, -0.25) is 0 Å². The Balaban J connectivity index is 0.000000119. The Morgan fingerprint density at radius 2 is 0.289 bits per heavy atom. The first-order chi connectivity index (χ1) is 56.0. The zero-order chi connectivity index (χ0) is 78.5. The van der Waals surface area contributed by atoms with Crippen LogP contribution in [-0.4, -0.2) is 0 Å². The minimum atomic E-state index is 1.26. The summed E-state index contributed by atoms with van der Waals surface area (Å²) in [7, 11) is 0. The molecule has 18 aromatic carbocycles. The molecule has 0 saturated heterocycles. The SMILES string of the molecule is Cc1ccc(-c2cccc(-c3ccccc3)c2)cc1.Cc1ccc(-c2ccccc2-c2ccccc2)cc1.Cc1cccc(-c2cccc(-c3ccccc3)c2)c1.Cc1cccc(-c2ccccc2-c2ccccc2)c1.Cc1ccccc1-c1cccc(-c2ccccc2)c1.Cc1ccccc1-c1ccccc1-c1ccccc1. The predicted octanol–water partition coefficient (Wildman–Crippen LogP) is 32.0. The third-order valence-corrected chi connectivity index (χ3v) is 20.3. The quantitative estimate of drug-likeness (QED) is 0.114. The van der Waals surface area contributed by atoms with E-state index in [9.17, 15) is 0 Å². The summed E-state index contributed by atoms with van der Waals surface area (Å²) in [5.41, 5.74) is 38.4. The van der Waals surface area contributed by atoms with Crippen molar-refractivity contribution in [2.75, 3.05) is 0 Å². The minimum Gasteiger partial charge on any atom is -0.0622 e. The molecule has 0 heterocycles. The fourth-order valence-electron chi connectivity index (χ4n) is 14.2. The second-order valence-corrected chi connectivity index (χ2v) is 28.7. The smallest absolute Gasteiger partial charge is 0.0103 e. The molecule has 0 N–H and O–H groups in total. The fraction of sp³-hybridized carbons (Fsp3) is 0.0526. The van der Waals surface area contributed by atoms with Crippen LogP contribution in [0.4, 0.5) is 0 Å². The monoisotopic (exact) mass is 1460 g/mol. The molecule has 0 radical (unpaired) electrons. The number of rotatable bonds is 12. The molecule has 0 bridgehead atoms. The maximum atomic E-state index is 2.26. The maximum absolute atomic E-state index is 2.26. The Morgan fingerprint density at radius 3 is 0.632 bits per heavy atom. The minimum absolute atomic E-state index is 1.26. The van der Waals surface area contributed by atoms with Crippen molar-refractivity contribution in [1.82, 2.24) is 0 Å². The first-order valence-corrected chi connectivity index (χ1v) is 39.4. The van der Waals surface area contributed by atoms with E-state index >= 15 is 0 Å². The molecule has 552 valence electrons. The summed E-state index contributed by atoms with van der Waals surface area (Å²) in [4.78, 5) is 0. The molecule has 18 aromatic rings. The van der Waals surface area contributed by atoms with Crippen molar-refractivity contribution in [3.63, 3.8) is 0 Å². The van der Waals surface area contributed by atoms with E-state index in [0.717, 1.165) is 0 Å². The molecule has 0 atom stereocenters. The van der Waals surface area contributed by atoms with Gasteiger partial charge in [0.15, 0.2) is 0 Å². The summed E-state index contributed by atoms with van der Waals surface area (Å²) in [6.07, 6.45) is 0. The highest BCUT2D eigenvalue weighted by Gasteiger charge is 2.12. The third-order valence-electron chi connectivity index (χ3n) is 20.3. The average molecular weight is 1470 g/mol. The zero-order valence-corrected chi connectivity index (χ0v) is 66.0. The van der Waals surface area contributed by atoms with E-state index in [0.29, 0.717) is 0 Å². The number of hydrogen-bond acceptors (Lipinski definition) is 0. The van der Waals surface area contributed by atoms with Crippen LogP contribution < -0.4 is 0 Å². The first-order valence-electron chi connectivity index (χ1n) is 39.4. The topological polar surface area (TPSA) is 0 Å². The molecule has 0 spiro atoms. The molecule has 18 rings (SSSR count). The summed E-state index contributed by atoms with van der Waals surface area (Å²) in [5, 5.41) is 0. The third kappa shape index (κ3) is 21.5. The van der Waals surface area contributed by atoms with Gasteiger partial charge in [0.25, 0.3) is 0 Å². The Morgan fingerprint density at radius 1 is 0.0965 bits per heavy atom. The van der Waals surface area contributed by atoms with E-state index in [1.165, 1.54) is 167 Å². The van der Waals surface area contributed by atoms with Crippen LogP contribution in [-0.2, 0) is 0 Å². The van der Waals surface area contributed by atoms with E-state index in [1.54, 1.807) is 0 Å². The summed E-state index contributed by atoms with van der Waals surface area (Å²) >= 11 is 0. The molecule has 0 aliphatic heterocycles. The second-order valence-electron chi connectivity index (χ2n) is 28.7. The van der Waals surface area contributed by atoms with E-state index < -0.39 is 0 Å².